The minimum atomic E-state index is -0.413. The van der Waals surface area contributed by atoms with E-state index in [1.54, 1.807) is 12.1 Å². The van der Waals surface area contributed by atoms with Crippen LogP contribution in [0.1, 0.15) is 50.4 Å². The van der Waals surface area contributed by atoms with E-state index in [2.05, 4.69) is 15.6 Å². The number of guanidine groups is 1. The van der Waals surface area contributed by atoms with Crippen molar-refractivity contribution in [3.8, 4) is 11.5 Å². The molecule has 2 rings (SSSR count). The Morgan fingerprint density at radius 2 is 1.77 bits per heavy atom. The third-order valence-corrected chi connectivity index (χ3v) is 4.47. The Morgan fingerprint density at radius 3 is 2.42 bits per heavy atom. The number of hydrogen-bond donors (Lipinski definition) is 3. The summed E-state index contributed by atoms with van der Waals surface area (Å²) in [5.74, 6) is 1.68. The van der Waals surface area contributed by atoms with E-state index in [-0.39, 0.29) is 42.2 Å². The second kappa shape index (κ2) is 14.1. The van der Waals surface area contributed by atoms with Crippen LogP contribution in [-0.4, -0.2) is 30.8 Å². The minimum Gasteiger partial charge on any atom is -0.490 e. The molecule has 0 spiro atoms. The van der Waals surface area contributed by atoms with Crippen LogP contribution in [-0.2, 0) is 13.2 Å². The molecule has 8 heteroatoms. The molecule has 2 aromatic rings. The quantitative estimate of drug-likeness (QED) is 0.232. The van der Waals surface area contributed by atoms with Crippen LogP contribution in [0.3, 0.4) is 0 Å². The van der Waals surface area contributed by atoms with E-state index in [0.29, 0.717) is 32.3 Å². The zero-order valence-electron chi connectivity index (χ0n) is 18.6. The zero-order chi connectivity index (χ0) is 21.9. The Hall–Kier alpha value is -2.07. The molecule has 172 valence electrons. The molecule has 0 saturated heterocycles. The van der Waals surface area contributed by atoms with Crippen LogP contribution in [0.15, 0.2) is 41.4 Å². The highest BCUT2D eigenvalue weighted by Gasteiger charge is 2.12. The summed E-state index contributed by atoms with van der Waals surface area (Å²) < 4.78 is 24.9. The lowest BCUT2D eigenvalue weighted by Gasteiger charge is -2.20. The van der Waals surface area contributed by atoms with Gasteiger partial charge in [0.2, 0.25) is 0 Å². The molecule has 0 radical (unpaired) electrons. The Morgan fingerprint density at radius 1 is 1.06 bits per heavy atom. The molecule has 0 aliphatic rings. The highest BCUT2D eigenvalue weighted by molar-refractivity contribution is 14.0. The summed E-state index contributed by atoms with van der Waals surface area (Å²) >= 11 is 0. The van der Waals surface area contributed by atoms with Gasteiger partial charge in [-0.1, -0.05) is 12.1 Å². The van der Waals surface area contributed by atoms with Crippen molar-refractivity contribution in [3.05, 3.63) is 58.9 Å². The third kappa shape index (κ3) is 8.17. The van der Waals surface area contributed by atoms with Crippen molar-refractivity contribution < 1.29 is 19.0 Å². The van der Waals surface area contributed by atoms with E-state index >= 15 is 0 Å². The molecule has 3 N–H and O–H groups in total. The first-order valence-electron chi connectivity index (χ1n) is 10.3. The number of benzene rings is 2. The Kier molecular flexibility index (Phi) is 12.2. The maximum Gasteiger partial charge on any atom is 0.192 e. The van der Waals surface area contributed by atoms with Gasteiger partial charge in [-0.3, -0.25) is 0 Å². The lowest BCUT2D eigenvalue weighted by molar-refractivity contribution is 0.275. The maximum atomic E-state index is 13.6. The van der Waals surface area contributed by atoms with Crippen LogP contribution < -0.4 is 20.1 Å². The molecule has 1 unspecified atom stereocenters. The van der Waals surface area contributed by atoms with Crippen molar-refractivity contribution in [2.24, 2.45) is 4.99 Å². The van der Waals surface area contributed by atoms with E-state index in [0.717, 1.165) is 22.6 Å². The molecule has 0 aliphatic heterocycles. The fraction of sp³-hybridized carbons (Fsp3) is 0.435. The van der Waals surface area contributed by atoms with E-state index in [1.807, 2.05) is 45.9 Å². The van der Waals surface area contributed by atoms with Crippen molar-refractivity contribution >= 4 is 29.9 Å². The molecule has 0 aromatic heterocycles. The average Bonchev–Trinajstić information content (AvgIpc) is 2.74. The fourth-order valence-corrected chi connectivity index (χ4v) is 2.96. The maximum absolute atomic E-state index is 13.6. The number of nitrogens with one attached hydrogen (secondary N) is 2. The van der Waals surface area contributed by atoms with E-state index in [4.69, 9.17) is 9.47 Å². The first-order chi connectivity index (χ1) is 14.5. The fourth-order valence-electron chi connectivity index (χ4n) is 2.96. The van der Waals surface area contributed by atoms with Crippen LogP contribution in [0.2, 0.25) is 0 Å². The molecular formula is C23H33FIN3O3. The molecule has 1 atom stereocenters. The van der Waals surface area contributed by atoms with Crippen molar-refractivity contribution in [2.75, 3.05) is 19.8 Å². The van der Waals surface area contributed by atoms with Crippen LogP contribution in [0, 0.1) is 5.82 Å². The normalized spacial score (nSPS) is 12.0. The van der Waals surface area contributed by atoms with Gasteiger partial charge in [0.1, 0.15) is 5.82 Å². The van der Waals surface area contributed by atoms with Gasteiger partial charge in [-0.25, -0.2) is 9.38 Å². The molecule has 0 fully saturated rings. The van der Waals surface area contributed by atoms with Crippen molar-refractivity contribution in [3.63, 3.8) is 0 Å². The monoisotopic (exact) mass is 545 g/mol. The van der Waals surface area contributed by atoms with Gasteiger partial charge in [-0.05, 0) is 63.1 Å². The van der Waals surface area contributed by atoms with E-state index < -0.39 is 5.82 Å². The minimum absolute atomic E-state index is 0. The van der Waals surface area contributed by atoms with Crippen LogP contribution in [0.25, 0.3) is 0 Å². The van der Waals surface area contributed by atoms with Crippen LogP contribution >= 0.6 is 24.0 Å². The van der Waals surface area contributed by atoms with Gasteiger partial charge < -0.3 is 25.2 Å². The number of hydrogen-bond acceptors (Lipinski definition) is 4. The van der Waals surface area contributed by atoms with Gasteiger partial charge in [0.25, 0.3) is 0 Å². The largest absolute Gasteiger partial charge is 0.490 e. The van der Waals surface area contributed by atoms with Crippen LogP contribution in [0.4, 0.5) is 4.39 Å². The second-order valence-corrected chi connectivity index (χ2v) is 6.72. The van der Waals surface area contributed by atoms with Crippen molar-refractivity contribution in [1.82, 2.24) is 10.6 Å². The van der Waals surface area contributed by atoms with Gasteiger partial charge in [-0.2, -0.15) is 0 Å². The Bertz CT molecular complexity index is 849. The van der Waals surface area contributed by atoms with E-state index in [1.165, 1.54) is 6.07 Å². The third-order valence-electron chi connectivity index (χ3n) is 4.47. The predicted octanol–water partition coefficient (Wildman–Crippen LogP) is 4.55. The zero-order valence-corrected chi connectivity index (χ0v) is 20.9. The van der Waals surface area contributed by atoms with Gasteiger partial charge in [0.15, 0.2) is 17.5 Å². The predicted molar refractivity (Wildman–Crippen MR) is 133 cm³/mol. The standard InChI is InChI=1S/C23H32FN3O3.HI/c1-5-25-23(26-14-17-8-10-20(24)19(12-17)15-28)27-16(4)18-9-11-21(29-6-2)22(13-18)30-7-3;/h8-13,16,28H,5-7,14-15H2,1-4H3,(H2,25,26,27);1H. The average molecular weight is 545 g/mol. The van der Waals surface area contributed by atoms with Gasteiger partial charge in [-0.15, -0.1) is 24.0 Å². The molecule has 0 aliphatic carbocycles. The summed E-state index contributed by atoms with van der Waals surface area (Å²) in [5, 5.41) is 15.9. The molecule has 0 amide bonds. The van der Waals surface area contributed by atoms with Gasteiger partial charge >= 0.3 is 0 Å². The number of aliphatic hydroxyl groups is 1. The summed E-state index contributed by atoms with van der Waals surface area (Å²) in [6, 6.07) is 10.5. The highest BCUT2D eigenvalue weighted by atomic mass is 127. The first-order valence-corrected chi connectivity index (χ1v) is 10.3. The number of nitrogens with zero attached hydrogens (tertiary/aromatic N) is 1. The van der Waals surface area contributed by atoms with Crippen molar-refractivity contribution in [2.45, 2.75) is 46.9 Å². The summed E-state index contributed by atoms with van der Waals surface area (Å²) in [6.45, 7) is 9.79. The number of halogens is 2. The molecule has 0 saturated carbocycles. The Balaban J connectivity index is 0.00000480. The van der Waals surface area contributed by atoms with E-state index in [9.17, 15) is 9.50 Å². The lowest BCUT2D eigenvalue weighted by atomic mass is 10.1. The molecule has 0 bridgehead atoms. The molecule has 2 aromatic carbocycles. The number of aliphatic hydroxyl groups excluding tert-OH is 1. The highest BCUT2D eigenvalue weighted by Crippen LogP contribution is 2.30. The molecular weight excluding hydrogens is 512 g/mol. The van der Waals surface area contributed by atoms with Gasteiger partial charge in [0, 0.05) is 12.1 Å². The smallest absolute Gasteiger partial charge is 0.192 e. The molecule has 0 heterocycles. The summed E-state index contributed by atoms with van der Waals surface area (Å²) in [4.78, 5) is 4.59. The second-order valence-electron chi connectivity index (χ2n) is 6.72. The molecule has 6 nitrogen and oxygen atoms in total. The van der Waals surface area contributed by atoms with Crippen LogP contribution in [0.5, 0.6) is 11.5 Å². The number of rotatable bonds is 10. The summed E-state index contributed by atoms with van der Waals surface area (Å²) in [6.07, 6.45) is 0. The molecule has 31 heavy (non-hydrogen) atoms. The lowest BCUT2D eigenvalue weighted by Crippen LogP contribution is -2.38. The first kappa shape index (κ1) is 27.0. The summed E-state index contributed by atoms with van der Waals surface area (Å²) in [5.41, 5.74) is 2.13. The Labute approximate surface area is 201 Å². The summed E-state index contributed by atoms with van der Waals surface area (Å²) in [7, 11) is 0. The SMILES string of the molecule is CCNC(=NCc1ccc(F)c(CO)c1)NC(C)c1ccc(OCC)c(OCC)c1.I. The number of aliphatic imine (C=N–C) groups is 1. The number of ether oxygens (including phenoxy) is 2. The topological polar surface area (TPSA) is 75.1 Å². The van der Waals surface area contributed by atoms with Gasteiger partial charge in [0.05, 0.1) is 32.4 Å². The van der Waals surface area contributed by atoms with Crippen molar-refractivity contribution in [1.29, 1.82) is 0 Å².